The fourth-order valence-corrected chi connectivity index (χ4v) is 2.48. The molecule has 1 aliphatic carbocycles. The normalized spacial score (nSPS) is 17.2. The molecule has 23 heavy (non-hydrogen) atoms. The minimum Gasteiger partial charge on any atom is -0.294 e. The molecule has 2 heterocycles. The average molecular weight is 325 g/mol. The number of carbonyl (C=O) groups excluding carboxylic acids is 1. The van der Waals surface area contributed by atoms with Crippen LogP contribution in [0.4, 0.5) is 8.78 Å². The van der Waals surface area contributed by atoms with E-state index >= 15 is 0 Å². The summed E-state index contributed by atoms with van der Waals surface area (Å²) >= 11 is 0. The van der Waals surface area contributed by atoms with Crippen LogP contribution < -0.4 is 0 Å². The highest BCUT2D eigenvalue weighted by Crippen LogP contribution is 2.35. The number of hydrogen-bond acceptors (Lipinski definition) is 3. The highest BCUT2D eigenvalue weighted by molar-refractivity contribution is 5.99. The summed E-state index contributed by atoms with van der Waals surface area (Å²) in [5.74, 6) is -1.82. The molecule has 0 aliphatic heterocycles. The molecule has 3 rings (SSSR count). The summed E-state index contributed by atoms with van der Waals surface area (Å²) in [5.41, 5.74) is 2.28. The lowest BCUT2D eigenvalue weighted by atomic mass is 9.88. The number of aromatic nitrogens is 3. The fourth-order valence-electron chi connectivity index (χ4n) is 2.48. The smallest absolute Gasteiger partial charge is 0.248 e. The molecule has 0 bridgehead atoms. The van der Waals surface area contributed by atoms with Gasteiger partial charge in [0.2, 0.25) is 5.92 Å². The second-order valence-electron chi connectivity index (χ2n) is 5.99. The number of carbonyl (C=O) groups is 1. The zero-order chi connectivity index (χ0) is 16.9. The number of Topliss-reactive ketones (excluding diaryl/α,β-unsaturated/α-hetero) is 1. The second kappa shape index (κ2) is 7.44. The van der Waals surface area contributed by atoms with Crippen LogP contribution in [0.5, 0.6) is 0 Å². The van der Waals surface area contributed by atoms with E-state index in [1.54, 1.807) is 12.4 Å². The van der Waals surface area contributed by atoms with Crippen molar-refractivity contribution >= 4 is 5.78 Å². The lowest BCUT2D eigenvalue weighted by Crippen LogP contribution is -2.23. The highest BCUT2D eigenvalue weighted by atomic mass is 19.3. The summed E-state index contributed by atoms with van der Waals surface area (Å²) in [7, 11) is 0. The molecular weight excluding hydrogens is 300 g/mol. The van der Waals surface area contributed by atoms with Gasteiger partial charge in [0.15, 0.2) is 5.78 Å². The van der Waals surface area contributed by atoms with Crippen molar-refractivity contribution in [1.82, 2.24) is 15.2 Å². The third-order valence-corrected chi connectivity index (χ3v) is 3.99. The molecule has 0 unspecified atom stereocenters. The lowest BCUT2D eigenvalue weighted by Gasteiger charge is -2.25. The van der Waals surface area contributed by atoms with E-state index in [1.165, 1.54) is 13.1 Å². The number of hydrogen-bond donors (Lipinski definition) is 1. The standard InChI is InChI=1S/C10H9N3O.C7H12F2.2H2/c1-7(14)9-6-12-13-10(9)8-2-4-11-5-3-8;1-6-2-4-7(8,9)5-3-6;;/h2-6H,1H3,(H,12,13);6H,2-5H2,1H3;2*1H. The molecule has 2 aromatic rings. The number of H-pyrrole nitrogens is 1. The van der Waals surface area contributed by atoms with Gasteiger partial charge in [-0.25, -0.2) is 8.78 Å². The zero-order valence-electron chi connectivity index (χ0n) is 13.4. The van der Waals surface area contributed by atoms with E-state index in [9.17, 15) is 13.6 Å². The van der Waals surface area contributed by atoms with Gasteiger partial charge in [0.1, 0.15) is 0 Å². The molecule has 4 nitrogen and oxygen atoms in total. The Labute approximate surface area is 137 Å². The highest BCUT2D eigenvalue weighted by Gasteiger charge is 2.33. The molecule has 0 spiro atoms. The van der Waals surface area contributed by atoms with Crippen molar-refractivity contribution in [2.45, 2.75) is 45.5 Å². The van der Waals surface area contributed by atoms with Crippen LogP contribution in [0, 0.1) is 5.92 Å². The average Bonchev–Trinajstić information content (AvgIpc) is 3.02. The third kappa shape index (κ3) is 4.94. The molecule has 0 saturated heterocycles. The molecule has 0 atom stereocenters. The molecule has 128 valence electrons. The first-order valence-electron chi connectivity index (χ1n) is 7.71. The summed E-state index contributed by atoms with van der Waals surface area (Å²) in [4.78, 5) is 15.1. The number of nitrogens with one attached hydrogen (secondary N) is 1. The maximum atomic E-state index is 12.4. The molecule has 0 radical (unpaired) electrons. The van der Waals surface area contributed by atoms with Crippen molar-refractivity contribution in [1.29, 1.82) is 0 Å². The number of pyridine rings is 1. The third-order valence-electron chi connectivity index (χ3n) is 3.99. The lowest BCUT2D eigenvalue weighted by molar-refractivity contribution is -0.0438. The van der Waals surface area contributed by atoms with E-state index < -0.39 is 5.92 Å². The predicted octanol–water partition coefficient (Wildman–Crippen LogP) is 5.00. The van der Waals surface area contributed by atoms with Crippen molar-refractivity contribution in [2.24, 2.45) is 5.92 Å². The summed E-state index contributed by atoms with van der Waals surface area (Å²) < 4.78 is 24.8. The molecule has 1 N–H and O–H groups in total. The molecule has 0 amide bonds. The number of alkyl halides is 2. The van der Waals surface area contributed by atoms with E-state index in [1.807, 2.05) is 19.1 Å². The molecule has 6 heteroatoms. The quantitative estimate of drug-likeness (QED) is 0.791. The monoisotopic (exact) mass is 325 g/mol. The Hall–Kier alpha value is -2.11. The Balaban J connectivity index is 0.000000462. The van der Waals surface area contributed by atoms with Gasteiger partial charge in [-0.15, -0.1) is 0 Å². The summed E-state index contributed by atoms with van der Waals surface area (Å²) in [6.07, 6.45) is 6.51. The van der Waals surface area contributed by atoms with Crippen LogP contribution in [0.3, 0.4) is 0 Å². The van der Waals surface area contributed by atoms with E-state index in [0.717, 1.165) is 11.3 Å². The van der Waals surface area contributed by atoms with Gasteiger partial charge in [0, 0.05) is 33.7 Å². The van der Waals surface area contributed by atoms with Gasteiger partial charge in [-0.2, -0.15) is 5.10 Å². The van der Waals surface area contributed by atoms with Gasteiger partial charge in [-0.05, 0) is 37.8 Å². The van der Waals surface area contributed by atoms with E-state index in [4.69, 9.17) is 0 Å². The Bertz CT molecular complexity index is 640. The van der Waals surface area contributed by atoms with Gasteiger partial charge >= 0.3 is 0 Å². The predicted molar refractivity (Wildman–Crippen MR) is 88.6 cm³/mol. The van der Waals surface area contributed by atoms with E-state index in [0.29, 0.717) is 24.3 Å². The molecule has 1 aliphatic rings. The molecule has 1 saturated carbocycles. The van der Waals surface area contributed by atoms with Crippen molar-refractivity contribution in [2.75, 3.05) is 0 Å². The Morgan fingerprint density at radius 1 is 1.30 bits per heavy atom. The van der Waals surface area contributed by atoms with Gasteiger partial charge in [-0.3, -0.25) is 14.9 Å². The van der Waals surface area contributed by atoms with Crippen LogP contribution in [0.15, 0.2) is 30.7 Å². The van der Waals surface area contributed by atoms with Crippen molar-refractivity contribution in [3.8, 4) is 11.3 Å². The van der Waals surface area contributed by atoms with Gasteiger partial charge in [0.25, 0.3) is 0 Å². The van der Waals surface area contributed by atoms with Crippen LogP contribution in [0.2, 0.25) is 0 Å². The molecule has 2 aromatic heterocycles. The first-order valence-corrected chi connectivity index (χ1v) is 7.71. The minimum atomic E-state index is -2.34. The summed E-state index contributed by atoms with van der Waals surface area (Å²) in [6.45, 7) is 3.56. The van der Waals surface area contributed by atoms with Crippen molar-refractivity contribution < 1.29 is 16.4 Å². The van der Waals surface area contributed by atoms with Crippen molar-refractivity contribution in [3.63, 3.8) is 0 Å². The van der Waals surface area contributed by atoms with E-state index in [2.05, 4.69) is 15.2 Å². The second-order valence-corrected chi connectivity index (χ2v) is 5.99. The first kappa shape index (κ1) is 17.2. The fraction of sp³-hybridized carbons (Fsp3) is 0.471. The van der Waals surface area contributed by atoms with Crippen LogP contribution >= 0.6 is 0 Å². The summed E-state index contributed by atoms with van der Waals surface area (Å²) in [6, 6.07) is 3.67. The molecule has 0 aromatic carbocycles. The zero-order valence-corrected chi connectivity index (χ0v) is 13.4. The Morgan fingerprint density at radius 2 is 1.91 bits per heavy atom. The van der Waals surface area contributed by atoms with Crippen LogP contribution in [-0.2, 0) is 0 Å². The van der Waals surface area contributed by atoms with Crippen molar-refractivity contribution in [3.05, 3.63) is 36.3 Å². The van der Waals surface area contributed by atoms with Crippen LogP contribution in [-0.4, -0.2) is 26.9 Å². The maximum absolute atomic E-state index is 12.4. The Morgan fingerprint density at radius 3 is 2.43 bits per heavy atom. The SMILES string of the molecule is CC(=O)c1cn[nH]c1-c1ccncc1.CC1CCC(F)(F)CC1.[HH].[HH]. The number of rotatable bonds is 2. The number of ketones is 1. The molecular formula is C17H25F2N3O. The largest absolute Gasteiger partial charge is 0.294 e. The van der Waals surface area contributed by atoms with Gasteiger partial charge in [0.05, 0.1) is 17.5 Å². The minimum absolute atomic E-state index is 0. The number of aromatic amines is 1. The number of nitrogens with zero attached hydrogens (tertiary/aromatic N) is 2. The van der Waals surface area contributed by atoms with E-state index in [-0.39, 0.29) is 21.5 Å². The van der Waals surface area contributed by atoms with Crippen LogP contribution in [0.1, 0.15) is 52.7 Å². The first-order chi connectivity index (χ1) is 10.9. The summed E-state index contributed by atoms with van der Waals surface area (Å²) in [5, 5.41) is 6.66. The maximum Gasteiger partial charge on any atom is 0.248 e. The number of halogens is 2. The molecule has 1 fully saturated rings. The Kier molecular flexibility index (Phi) is 5.58. The topological polar surface area (TPSA) is 58.6 Å². The van der Waals surface area contributed by atoms with Gasteiger partial charge in [-0.1, -0.05) is 6.92 Å². The van der Waals surface area contributed by atoms with Crippen LogP contribution in [0.25, 0.3) is 11.3 Å². The van der Waals surface area contributed by atoms with Gasteiger partial charge < -0.3 is 0 Å².